The fraction of sp³-hybridized carbons (Fsp3) is 0.333. The summed E-state index contributed by atoms with van der Waals surface area (Å²) in [7, 11) is 0. The Bertz CT molecular complexity index is 662. The molecule has 0 saturated carbocycles. The maximum Gasteiger partial charge on any atom is 0.260 e. The number of aromatic nitrogens is 1. The summed E-state index contributed by atoms with van der Waals surface area (Å²) >= 11 is 0. The molecule has 1 aromatic carbocycles. The molecule has 0 atom stereocenters. The average molecular weight is 366 g/mol. The molecule has 5 nitrogen and oxygen atoms in total. The molecule has 1 aliphatic rings. The summed E-state index contributed by atoms with van der Waals surface area (Å²) in [6.45, 7) is 3.91. The lowest BCUT2D eigenvalue weighted by Gasteiger charge is -2.34. The van der Waals surface area contributed by atoms with Crippen LogP contribution in [0.25, 0.3) is 0 Å². The van der Waals surface area contributed by atoms with Gasteiger partial charge in [0.25, 0.3) is 5.91 Å². The number of hydrogen-bond donors (Lipinski definition) is 0. The number of piperazine rings is 1. The quantitative estimate of drug-likeness (QED) is 0.816. The molecule has 1 aromatic heterocycles. The minimum Gasteiger partial charge on any atom is -0.484 e. The predicted molar refractivity (Wildman–Crippen MR) is 95.2 cm³/mol. The van der Waals surface area contributed by atoms with E-state index in [2.05, 4.69) is 9.88 Å². The van der Waals surface area contributed by atoms with Crippen LogP contribution in [0.15, 0.2) is 48.8 Å². The molecule has 0 radical (unpaired) electrons. The van der Waals surface area contributed by atoms with Crippen LogP contribution in [0, 0.1) is 5.82 Å². The number of nitrogens with zero attached hydrogens (tertiary/aromatic N) is 3. The van der Waals surface area contributed by atoms with Crippen LogP contribution in [0.5, 0.6) is 5.75 Å². The molecule has 1 saturated heterocycles. The van der Waals surface area contributed by atoms with Gasteiger partial charge in [-0.1, -0.05) is 0 Å². The maximum absolute atomic E-state index is 12.8. The number of benzene rings is 1. The zero-order valence-corrected chi connectivity index (χ0v) is 14.6. The van der Waals surface area contributed by atoms with Crippen molar-refractivity contribution >= 4 is 18.3 Å². The number of hydrogen-bond acceptors (Lipinski definition) is 4. The SMILES string of the molecule is Cl.O=C(COc1ccc(F)cc1)N1CCN(Cc2ccncc2)CC1. The van der Waals surface area contributed by atoms with Crippen molar-refractivity contribution in [3.63, 3.8) is 0 Å². The molecular weight excluding hydrogens is 345 g/mol. The van der Waals surface area contributed by atoms with E-state index in [-0.39, 0.29) is 30.7 Å². The second-order valence-corrected chi connectivity index (χ2v) is 5.75. The third-order valence-electron chi connectivity index (χ3n) is 4.06. The molecule has 0 bridgehead atoms. The predicted octanol–water partition coefficient (Wildman–Crippen LogP) is 2.37. The first-order valence-electron chi connectivity index (χ1n) is 7.98. The van der Waals surface area contributed by atoms with Crippen molar-refractivity contribution in [1.82, 2.24) is 14.8 Å². The third-order valence-corrected chi connectivity index (χ3v) is 4.06. The normalized spacial score (nSPS) is 14.7. The van der Waals surface area contributed by atoms with Crippen LogP contribution in [-0.2, 0) is 11.3 Å². The number of amides is 1. The van der Waals surface area contributed by atoms with Crippen molar-refractivity contribution in [2.75, 3.05) is 32.8 Å². The van der Waals surface area contributed by atoms with E-state index in [0.29, 0.717) is 18.8 Å². The van der Waals surface area contributed by atoms with Crippen molar-refractivity contribution in [1.29, 1.82) is 0 Å². The Labute approximate surface area is 152 Å². The summed E-state index contributed by atoms with van der Waals surface area (Å²) in [5, 5.41) is 0. The first-order chi connectivity index (χ1) is 11.7. The van der Waals surface area contributed by atoms with Crippen LogP contribution in [0.1, 0.15) is 5.56 Å². The van der Waals surface area contributed by atoms with Crippen LogP contribution in [-0.4, -0.2) is 53.5 Å². The number of rotatable bonds is 5. The fourth-order valence-corrected chi connectivity index (χ4v) is 2.67. The zero-order valence-electron chi connectivity index (χ0n) is 13.8. The second kappa shape index (κ2) is 9.34. The molecule has 3 rings (SSSR count). The average Bonchev–Trinajstić information content (AvgIpc) is 2.62. The smallest absolute Gasteiger partial charge is 0.260 e. The standard InChI is InChI=1S/C18H20FN3O2.ClH/c19-16-1-3-17(4-2-16)24-14-18(23)22-11-9-21(10-12-22)13-15-5-7-20-8-6-15;/h1-8H,9-14H2;1H. The summed E-state index contributed by atoms with van der Waals surface area (Å²) in [6.07, 6.45) is 3.59. The lowest BCUT2D eigenvalue weighted by atomic mass is 10.2. The van der Waals surface area contributed by atoms with E-state index in [0.717, 1.165) is 19.6 Å². The molecule has 0 N–H and O–H groups in total. The monoisotopic (exact) mass is 365 g/mol. The van der Waals surface area contributed by atoms with E-state index < -0.39 is 0 Å². The molecule has 0 aliphatic carbocycles. The highest BCUT2D eigenvalue weighted by atomic mass is 35.5. The van der Waals surface area contributed by atoms with Crippen molar-refractivity contribution in [3.8, 4) is 5.75 Å². The summed E-state index contributed by atoms with van der Waals surface area (Å²) in [6, 6.07) is 9.70. The Hall–Kier alpha value is -2.18. The van der Waals surface area contributed by atoms with Gasteiger partial charge in [0, 0.05) is 45.1 Å². The molecule has 2 heterocycles. The van der Waals surface area contributed by atoms with Gasteiger partial charge in [0.15, 0.2) is 6.61 Å². The van der Waals surface area contributed by atoms with E-state index >= 15 is 0 Å². The van der Waals surface area contributed by atoms with E-state index in [9.17, 15) is 9.18 Å². The minimum atomic E-state index is -0.320. The van der Waals surface area contributed by atoms with E-state index in [1.807, 2.05) is 17.0 Å². The second-order valence-electron chi connectivity index (χ2n) is 5.75. The van der Waals surface area contributed by atoms with Crippen molar-refractivity contribution in [2.45, 2.75) is 6.54 Å². The summed E-state index contributed by atoms with van der Waals surface area (Å²) in [5.74, 6) is 0.142. The summed E-state index contributed by atoms with van der Waals surface area (Å²) < 4.78 is 18.3. The first-order valence-corrected chi connectivity index (χ1v) is 7.98. The Morgan fingerprint density at radius 1 is 1.04 bits per heavy atom. The van der Waals surface area contributed by atoms with Crippen molar-refractivity contribution in [2.24, 2.45) is 0 Å². The van der Waals surface area contributed by atoms with Crippen LogP contribution in [0.2, 0.25) is 0 Å². The molecule has 134 valence electrons. The van der Waals surface area contributed by atoms with Gasteiger partial charge < -0.3 is 9.64 Å². The fourth-order valence-electron chi connectivity index (χ4n) is 2.67. The molecular formula is C18H21ClFN3O2. The molecule has 0 unspecified atom stereocenters. The van der Waals surface area contributed by atoms with E-state index in [1.54, 1.807) is 12.4 Å². The zero-order chi connectivity index (χ0) is 16.8. The van der Waals surface area contributed by atoms with Gasteiger partial charge in [-0.2, -0.15) is 0 Å². The van der Waals surface area contributed by atoms with Gasteiger partial charge in [0.2, 0.25) is 0 Å². The highest BCUT2D eigenvalue weighted by Gasteiger charge is 2.21. The maximum atomic E-state index is 12.8. The summed E-state index contributed by atoms with van der Waals surface area (Å²) in [4.78, 5) is 20.4. The molecule has 25 heavy (non-hydrogen) atoms. The van der Waals surface area contributed by atoms with Gasteiger partial charge >= 0.3 is 0 Å². The number of ether oxygens (including phenoxy) is 1. The van der Waals surface area contributed by atoms with Gasteiger partial charge in [-0.05, 0) is 42.0 Å². The number of carbonyl (C=O) groups excluding carboxylic acids is 1. The van der Waals surface area contributed by atoms with Gasteiger partial charge in [0.05, 0.1) is 0 Å². The van der Waals surface area contributed by atoms with Crippen molar-refractivity contribution in [3.05, 3.63) is 60.2 Å². The van der Waals surface area contributed by atoms with E-state index in [4.69, 9.17) is 4.74 Å². The Kier molecular flexibility index (Phi) is 7.16. The van der Waals surface area contributed by atoms with Crippen LogP contribution in [0.3, 0.4) is 0 Å². The molecule has 2 aromatic rings. The largest absolute Gasteiger partial charge is 0.484 e. The topological polar surface area (TPSA) is 45.7 Å². The number of halogens is 2. The third kappa shape index (κ3) is 5.69. The highest BCUT2D eigenvalue weighted by molar-refractivity contribution is 5.85. The highest BCUT2D eigenvalue weighted by Crippen LogP contribution is 2.12. The lowest BCUT2D eigenvalue weighted by molar-refractivity contribution is -0.135. The Morgan fingerprint density at radius 3 is 2.32 bits per heavy atom. The van der Waals surface area contributed by atoms with Gasteiger partial charge in [-0.3, -0.25) is 14.7 Å². The first kappa shape index (κ1) is 19.1. The summed E-state index contributed by atoms with van der Waals surface area (Å²) in [5.41, 5.74) is 1.23. The number of carbonyl (C=O) groups is 1. The van der Waals surface area contributed by atoms with E-state index in [1.165, 1.54) is 29.8 Å². The van der Waals surface area contributed by atoms with Gasteiger partial charge in [-0.25, -0.2) is 4.39 Å². The van der Waals surface area contributed by atoms with Gasteiger partial charge in [-0.15, -0.1) is 12.4 Å². The molecule has 1 amide bonds. The minimum absolute atomic E-state index is 0. The Balaban J connectivity index is 0.00000225. The van der Waals surface area contributed by atoms with Crippen LogP contribution in [0.4, 0.5) is 4.39 Å². The molecule has 1 aliphatic heterocycles. The lowest BCUT2D eigenvalue weighted by Crippen LogP contribution is -2.49. The van der Waals surface area contributed by atoms with Crippen molar-refractivity contribution < 1.29 is 13.9 Å². The van der Waals surface area contributed by atoms with Crippen LogP contribution >= 0.6 is 12.4 Å². The Morgan fingerprint density at radius 2 is 1.68 bits per heavy atom. The molecule has 0 spiro atoms. The molecule has 7 heteroatoms. The van der Waals surface area contributed by atoms with Crippen LogP contribution < -0.4 is 4.74 Å². The molecule has 1 fully saturated rings. The number of pyridine rings is 1. The van der Waals surface area contributed by atoms with Gasteiger partial charge in [0.1, 0.15) is 11.6 Å².